The number of nitrogens with one attached hydrogen (secondary N) is 1. The number of hydrogen-bond donors (Lipinski definition) is 1. The van der Waals surface area contributed by atoms with Crippen molar-refractivity contribution in [2.75, 3.05) is 11.9 Å². The lowest BCUT2D eigenvalue weighted by Gasteiger charge is -2.17. The molecule has 184 valence electrons. The maximum Gasteiger partial charge on any atom is 0.338 e. The summed E-state index contributed by atoms with van der Waals surface area (Å²) in [5, 5.41) is 3.30. The third-order valence-corrected chi connectivity index (χ3v) is 6.73. The van der Waals surface area contributed by atoms with Crippen LogP contribution in [0.15, 0.2) is 83.9 Å². The van der Waals surface area contributed by atoms with Crippen molar-refractivity contribution in [3.63, 3.8) is 0 Å². The Morgan fingerprint density at radius 3 is 2.39 bits per heavy atom. The third-order valence-electron chi connectivity index (χ3n) is 5.31. The summed E-state index contributed by atoms with van der Waals surface area (Å²) in [4.78, 5) is 44.2. The summed E-state index contributed by atoms with van der Waals surface area (Å²) in [6.45, 7) is 2.33. The first-order valence-corrected chi connectivity index (χ1v) is 12.6. The molecule has 3 aromatic rings. The molecule has 1 heterocycles. The Morgan fingerprint density at radius 2 is 1.72 bits per heavy atom. The van der Waals surface area contributed by atoms with Crippen molar-refractivity contribution in [2.45, 2.75) is 25.1 Å². The predicted molar refractivity (Wildman–Crippen MR) is 143 cm³/mol. The lowest BCUT2D eigenvalue weighted by atomic mass is 10.2. The highest BCUT2D eigenvalue weighted by Crippen LogP contribution is 2.33. The van der Waals surface area contributed by atoms with E-state index in [-0.39, 0.29) is 18.2 Å². The number of aliphatic imine (C=N–C) groups is 1. The SMILES string of the molecule is CCOC(=O)c1ccc(N=C2S[C@H](CC(=O)Nc3ccccc3)C(=O)N2Cc2ccc(Cl)cc2)cc1. The van der Waals surface area contributed by atoms with Crippen LogP contribution in [0, 0.1) is 0 Å². The summed E-state index contributed by atoms with van der Waals surface area (Å²) in [6.07, 6.45) is 0.0102. The molecule has 36 heavy (non-hydrogen) atoms. The van der Waals surface area contributed by atoms with Crippen molar-refractivity contribution < 1.29 is 19.1 Å². The quantitative estimate of drug-likeness (QED) is 0.385. The number of halogens is 1. The highest BCUT2D eigenvalue weighted by molar-refractivity contribution is 8.15. The van der Waals surface area contributed by atoms with Gasteiger partial charge in [-0.25, -0.2) is 9.79 Å². The fourth-order valence-corrected chi connectivity index (χ4v) is 4.82. The van der Waals surface area contributed by atoms with Crippen molar-refractivity contribution in [1.82, 2.24) is 4.90 Å². The standard InChI is InChI=1S/C27H24ClN3O4S/c1-2-35-26(34)19-10-14-22(15-11-19)30-27-31(17-18-8-12-20(28)13-9-18)25(33)23(36-27)16-24(32)29-21-6-4-3-5-7-21/h3-15,23H,2,16-17H2,1H3,(H,29,32)/t23-/m1/s1. The Morgan fingerprint density at radius 1 is 1.03 bits per heavy atom. The van der Waals surface area contributed by atoms with Gasteiger partial charge in [0.05, 0.1) is 24.4 Å². The van der Waals surface area contributed by atoms with Gasteiger partial charge in [-0.2, -0.15) is 0 Å². The van der Waals surface area contributed by atoms with E-state index in [1.165, 1.54) is 11.8 Å². The molecule has 9 heteroatoms. The molecule has 1 saturated heterocycles. The van der Waals surface area contributed by atoms with Crippen LogP contribution in [0.5, 0.6) is 0 Å². The second-order valence-electron chi connectivity index (χ2n) is 7.94. The molecule has 1 fully saturated rings. The number of nitrogens with zero attached hydrogens (tertiary/aromatic N) is 2. The minimum atomic E-state index is -0.612. The molecule has 0 bridgehead atoms. The van der Waals surface area contributed by atoms with Crippen molar-refractivity contribution in [3.05, 3.63) is 95.0 Å². The van der Waals surface area contributed by atoms with E-state index in [0.29, 0.717) is 40.3 Å². The molecular weight excluding hydrogens is 498 g/mol. The van der Waals surface area contributed by atoms with Gasteiger partial charge in [-0.15, -0.1) is 0 Å². The molecule has 0 unspecified atom stereocenters. The molecule has 0 aromatic heterocycles. The van der Waals surface area contributed by atoms with Gasteiger partial charge in [-0.1, -0.05) is 53.7 Å². The molecule has 0 saturated carbocycles. The Balaban J connectivity index is 1.54. The van der Waals surface area contributed by atoms with Crippen molar-refractivity contribution in [3.8, 4) is 0 Å². The normalized spacial score (nSPS) is 16.3. The van der Waals surface area contributed by atoms with Gasteiger partial charge in [0, 0.05) is 17.1 Å². The highest BCUT2D eigenvalue weighted by Gasteiger charge is 2.39. The minimum absolute atomic E-state index is 0.0102. The molecule has 7 nitrogen and oxygen atoms in total. The Kier molecular flexibility index (Phi) is 8.40. The molecule has 1 N–H and O–H groups in total. The van der Waals surface area contributed by atoms with E-state index in [4.69, 9.17) is 16.3 Å². The zero-order valence-corrected chi connectivity index (χ0v) is 21.1. The van der Waals surface area contributed by atoms with E-state index in [0.717, 1.165) is 5.56 Å². The van der Waals surface area contributed by atoms with Gasteiger partial charge in [0.1, 0.15) is 5.25 Å². The molecule has 1 atom stereocenters. The number of amides is 2. The van der Waals surface area contributed by atoms with Crippen LogP contribution in [0.2, 0.25) is 5.02 Å². The van der Waals surface area contributed by atoms with Crippen LogP contribution in [-0.2, 0) is 20.9 Å². The average molecular weight is 522 g/mol. The largest absolute Gasteiger partial charge is 0.462 e. The van der Waals surface area contributed by atoms with E-state index in [1.807, 2.05) is 30.3 Å². The number of amidine groups is 1. The molecule has 4 rings (SSSR count). The summed E-state index contributed by atoms with van der Waals surface area (Å²) < 4.78 is 5.02. The van der Waals surface area contributed by atoms with Gasteiger partial charge in [-0.3, -0.25) is 14.5 Å². The van der Waals surface area contributed by atoms with E-state index < -0.39 is 11.2 Å². The van der Waals surface area contributed by atoms with Crippen molar-refractivity contribution in [2.24, 2.45) is 4.99 Å². The molecule has 0 radical (unpaired) electrons. The zero-order chi connectivity index (χ0) is 25.5. The lowest BCUT2D eigenvalue weighted by molar-refractivity contribution is -0.128. The summed E-state index contributed by atoms with van der Waals surface area (Å²) in [6, 6.07) is 23.0. The van der Waals surface area contributed by atoms with Gasteiger partial charge in [0.25, 0.3) is 0 Å². The van der Waals surface area contributed by atoms with Crippen LogP contribution >= 0.6 is 23.4 Å². The van der Waals surface area contributed by atoms with Gasteiger partial charge in [-0.05, 0) is 61.0 Å². The first-order chi connectivity index (χ1) is 17.4. The highest BCUT2D eigenvalue weighted by atomic mass is 35.5. The van der Waals surface area contributed by atoms with Crippen LogP contribution in [0.25, 0.3) is 0 Å². The fraction of sp³-hybridized carbons (Fsp3) is 0.185. The van der Waals surface area contributed by atoms with Gasteiger partial charge < -0.3 is 10.1 Å². The summed E-state index contributed by atoms with van der Waals surface area (Å²) in [5.41, 5.74) is 2.55. The number of hydrogen-bond acceptors (Lipinski definition) is 6. The van der Waals surface area contributed by atoms with E-state index in [1.54, 1.807) is 60.4 Å². The van der Waals surface area contributed by atoms with Crippen LogP contribution in [0.3, 0.4) is 0 Å². The number of esters is 1. The van der Waals surface area contributed by atoms with E-state index in [9.17, 15) is 14.4 Å². The van der Waals surface area contributed by atoms with E-state index >= 15 is 0 Å². The number of para-hydroxylation sites is 1. The molecule has 0 spiro atoms. The maximum atomic E-state index is 13.3. The topological polar surface area (TPSA) is 88.1 Å². The van der Waals surface area contributed by atoms with Gasteiger partial charge in [0.2, 0.25) is 11.8 Å². The Labute approximate surface area is 218 Å². The van der Waals surface area contributed by atoms with Gasteiger partial charge >= 0.3 is 5.97 Å². The van der Waals surface area contributed by atoms with Crippen LogP contribution < -0.4 is 5.32 Å². The first kappa shape index (κ1) is 25.5. The van der Waals surface area contributed by atoms with Crippen molar-refractivity contribution in [1.29, 1.82) is 0 Å². The first-order valence-electron chi connectivity index (χ1n) is 11.4. The molecule has 1 aliphatic heterocycles. The summed E-state index contributed by atoms with van der Waals surface area (Å²) >= 11 is 7.26. The maximum absolute atomic E-state index is 13.3. The molecule has 3 aromatic carbocycles. The predicted octanol–water partition coefficient (Wildman–Crippen LogP) is 5.68. The van der Waals surface area contributed by atoms with E-state index in [2.05, 4.69) is 10.3 Å². The van der Waals surface area contributed by atoms with Gasteiger partial charge in [0.15, 0.2) is 5.17 Å². The second-order valence-corrected chi connectivity index (χ2v) is 9.54. The Hall–Kier alpha value is -3.62. The molecule has 0 aliphatic carbocycles. The molecule has 1 aliphatic rings. The average Bonchev–Trinajstić information content (AvgIpc) is 3.15. The van der Waals surface area contributed by atoms with Crippen LogP contribution in [-0.4, -0.2) is 39.7 Å². The molecular formula is C27H24ClN3O4S. The number of anilines is 1. The number of thioether (sulfide) groups is 1. The summed E-state index contributed by atoms with van der Waals surface area (Å²) in [5.74, 6) is -0.852. The number of rotatable bonds is 8. The molecule has 2 amide bonds. The van der Waals surface area contributed by atoms with Crippen LogP contribution in [0.4, 0.5) is 11.4 Å². The fourth-order valence-electron chi connectivity index (χ4n) is 3.54. The lowest BCUT2D eigenvalue weighted by Crippen LogP contribution is -2.33. The number of benzene rings is 3. The minimum Gasteiger partial charge on any atom is -0.462 e. The number of carbonyl (C=O) groups excluding carboxylic acids is 3. The van der Waals surface area contributed by atoms with Crippen LogP contribution in [0.1, 0.15) is 29.3 Å². The number of ether oxygens (including phenoxy) is 1. The second kappa shape index (κ2) is 11.9. The monoisotopic (exact) mass is 521 g/mol. The van der Waals surface area contributed by atoms with Crippen molar-refractivity contribution >= 4 is 57.7 Å². The zero-order valence-electron chi connectivity index (χ0n) is 19.5. The number of carbonyl (C=O) groups is 3. The third kappa shape index (κ3) is 6.53. The summed E-state index contributed by atoms with van der Waals surface area (Å²) in [7, 11) is 0. The smallest absolute Gasteiger partial charge is 0.338 e. The Bertz CT molecular complexity index is 1260.